The molecule has 1 atom stereocenters. The Morgan fingerprint density at radius 2 is 2.28 bits per heavy atom. The molecule has 0 heterocycles. The number of hydrogen-bond donors (Lipinski definition) is 3. The van der Waals surface area contributed by atoms with Crippen LogP contribution in [0.3, 0.4) is 0 Å². The Hall–Kier alpha value is -1.33. The van der Waals surface area contributed by atoms with Gasteiger partial charge in [0.25, 0.3) is 5.91 Å². The number of hydrogen-bond acceptors (Lipinski definition) is 3. The fourth-order valence-corrected chi connectivity index (χ4v) is 1.85. The average molecular weight is 287 g/mol. The molecule has 1 aromatic rings. The Balaban J connectivity index is 2.86. The minimum Gasteiger partial charge on any atom is -0.507 e. The molecule has 1 aromatic carbocycles. The second kappa shape index (κ2) is 6.56. The van der Waals surface area contributed by atoms with Crippen molar-refractivity contribution in [1.29, 1.82) is 0 Å². The minimum atomic E-state index is -0.443. The van der Waals surface area contributed by atoms with Crippen LogP contribution in [-0.4, -0.2) is 22.0 Å². The number of thiocarbonyl (C=S) groups is 1. The highest BCUT2D eigenvalue weighted by Gasteiger charge is 2.18. The van der Waals surface area contributed by atoms with Crippen LogP contribution in [0.4, 0.5) is 0 Å². The first kappa shape index (κ1) is 14.7. The monoisotopic (exact) mass is 286 g/mol. The van der Waals surface area contributed by atoms with Crippen LogP contribution in [0.15, 0.2) is 18.2 Å². The summed E-state index contributed by atoms with van der Waals surface area (Å²) in [6, 6.07) is 3.89. The molecule has 0 aliphatic rings. The van der Waals surface area contributed by atoms with Gasteiger partial charge < -0.3 is 16.2 Å². The fourth-order valence-electron chi connectivity index (χ4n) is 1.50. The summed E-state index contributed by atoms with van der Waals surface area (Å²) in [5.74, 6) is -0.573. The van der Waals surface area contributed by atoms with Gasteiger partial charge in [0.2, 0.25) is 0 Å². The van der Waals surface area contributed by atoms with E-state index in [0.29, 0.717) is 11.4 Å². The predicted molar refractivity (Wildman–Crippen MR) is 76.1 cm³/mol. The molecule has 1 amide bonds. The number of carbonyl (C=O) groups excluding carboxylic acids is 1. The first-order valence-corrected chi connectivity index (χ1v) is 6.33. The maximum Gasteiger partial charge on any atom is 0.255 e. The topological polar surface area (TPSA) is 75.3 Å². The number of halogens is 1. The number of nitrogens with two attached hydrogens (primary N) is 1. The van der Waals surface area contributed by atoms with Crippen LogP contribution in [0.2, 0.25) is 5.02 Å². The Bertz CT molecular complexity index is 465. The summed E-state index contributed by atoms with van der Waals surface area (Å²) in [7, 11) is 0. The van der Waals surface area contributed by atoms with E-state index in [1.807, 2.05) is 6.92 Å². The van der Waals surface area contributed by atoms with Gasteiger partial charge in [0, 0.05) is 5.02 Å². The number of aromatic hydroxyl groups is 1. The largest absolute Gasteiger partial charge is 0.507 e. The normalized spacial score (nSPS) is 11.9. The van der Waals surface area contributed by atoms with Crippen LogP contribution in [0.25, 0.3) is 0 Å². The van der Waals surface area contributed by atoms with E-state index in [1.54, 1.807) is 0 Å². The molecule has 0 aliphatic carbocycles. The lowest BCUT2D eigenvalue weighted by Gasteiger charge is -2.17. The molecule has 0 saturated carbocycles. The second-order valence-electron chi connectivity index (χ2n) is 3.88. The second-order valence-corrected chi connectivity index (χ2v) is 4.79. The van der Waals surface area contributed by atoms with E-state index >= 15 is 0 Å². The average Bonchev–Trinajstić information content (AvgIpc) is 2.31. The third-order valence-electron chi connectivity index (χ3n) is 2.43. The lowest BCUT2D eigenvalue weighted by atomic mass is 10.1. The lowest BCUT2D eigenvalue weighted by Crippen LogP contribution is -2.43. The van der Waals surface area contributed by atoms with Crippen molar-refractivity contribution in [3.63, 3.8) is 0 Å². The van der Waals surface area contributed by atoms with Crippen LogP contribution in [0.5, 0.6) is 5.75 Å². The molecule has 0 aliphatic heterocycles. The standard InChI is InChI=1S/C12H15ClN2O2S/c1-2-3-9(11(14)18)15-12(17)8-6-7(13)4-5-10(8)16/h4-6,9,16H,2-3H2,1H3,(H2,14,18)(H,15,17). The van der Waals surface area contributed by atoms with Crippen molar-refractivity contribution in [3.05, 3.63) is 28.8 Å². The van der Waals surface area contributed by atoms with Crippen LogP contribution in [0.1, 0.15) is 30.1 Å². The highest BCUT2D eigenvalue weighted by atomic mass is 35.5. The molecule has 18 heavy (non-hydrogen) atoms. The van der Waals surface area contributed by atoms with E-state index in [9.17, 15) is 9.90 Å². The third kappa shape index (κ3) is 3.85. The summed E-state index contributed by atoms with van der Waals surface area (Å²) in [4.78, 5) is 12.2. The fraction of sp³-hybridized carbons (Fsp3) is 0.333. The lowest BCUT2D eigenvalue weighted by molar-refractivity contribution is 0.0943. The number of nitrogens with one attached hydrogen (secondary N) is 1. The van der Waals surface area contributed by atoms with E-state index in [-0.39, 0.29) is 22.3 Å². The summed E-state index contributed by atoms with van der Waals surface area (Å²) < 4.78 is 0. The molecule has 0 fully saturated rings. The maximum atomic E-state index is 12.0. The van der Waals surface area contributed by atoms with Gasteiger partial charge in [-0.15, -0.1) is 0 Å². The van der Waals surface area contributed by atoms with E-state index < -0.39 is 5.91 Å². The van der Waals surface area contributed by atoms with E-state index in [4.69, 9.17) is 29.6 Å². The Labute approximate surface area is 116 Å². The molecule has 0 bridgehead atoms. The number of phenols is 1. The van der Waals surface area contributed by atoms with Gasteiger partial charge in [-0.2, -0.15) is 0 Å². The van der Waals surface area contributed by atoms with Crippen LogP contribution in [-0.2, 0) is 0 Å². The zero-order chi connectivity index (χ0) is 13.7. The molecule has 1 unspecified atom stereocenters. The molecule has 0 saturated heterocycles. The van der Waals surface area contributed by atoms with Crippen molar-refractivity contribution in [2.45, 2.75) is 25.8 Å². The molecular formula is C12H15ClN2O2S. The van der Waals surface area contributed by atoms with Crippen molar-refractivity contribution < 1.29 is 9.90 Å². The molecule has 0 radical (unpaired) electrons. The van der Waals surface area contributed by atoms with Crippen LogP contribution < -0.4 is 11.1 Å². The molecule has 0 aromatic heterocycles. The van der Waals surface area contributed by atoms with Crippen molar-refractivity contribution in [1.82, 2.24) is 5.32 Å². The zero-order valence-electron chi connectivity index (χ0n) is 9.94. The van der Waals surface area contributed by atoms with Gasteiger partial charge in [-0.3, -0.25) is 4.79 Å². The molecule has 6 heteroatoms. The van der Waals surface area contributed by atoms with Gasteiger partial charge in [-0.05, 0) is 24.6 Å². The highest BCUT2D eigenvalue weighted by Crippen LogP contribution is 2.21. The smallest absolute Gasteiger partial charge is 0.255 e. The summed E-state index contributed by atoms with van der Waals surface area (Å²) >= 11 is 10.7. The summed E-state index contributed by atoms with van der Waals surface area (Å²) in [6.45, 7) is 1.97. The number of phenolic OH excluding ortho intramolecular Hbond substituents is 1. The van der Waals surface area contributed by atoms with Gasteiger partial charge >= 0.3 is 0 Å². The van der Waals surface area contributed by atoms with E-state index in [1.165, 1.54) is 18.2 Å². The highest BCUT2D eigenvalue weighted by molar-refractivity contribution is 7.80. The van der Waals surface area contributed by atoms with Gasteiger partial charge in [0.05, 0.1) is 16.6 Å². The Morgan fingerprint density at radius 1 is 1.61 bits per heavy atom. The van der Waals surface area contributed by atoms with Gasteiger partial charge in [-0.1, -0.05) is 37.2 Å². The van der Waals surface area contributed by atoms with Crippen molar-refractivity contribution in [2.24, 2.45) is 5.73 Å². The number of benzene rings is 1. The minimum absolute atomic E-state index is 0.111. The molecule has 98 valence electrons. The number of rotatable bonds is 5. The molecular weight excluding hydrogens is 272 g/mol. The summed E-state index contributed by atoms with van der Waals surface area (Å²) in [6.07, 6.45) is 1.49. The molecule has 4 N–H and O–H groups in total. The predicted octanol–water partition coefficient (Wildman–Crippen LogP) is 2.23. The first-order valence-electron chi connectivity index (χ1n) is 5.54. The quantitative estimate of drug-likeness (QED) is 0.726. The van der Waals surface area contributed by atoms with E-state index in [0.717, 1.165) is 6.42 Å². The van der Waals surface area contributed by atoms with Crippen molar-refractivity contribution in [2.75, 3.05) is 0 Å². The van der Waals surface area contributed by atoms with Crippen molar-refractivity contribution >= 4 is 34.7 Å². The molecule has 1 rings (SSSR count). The number of amides is 1. The maximum absolute atomic E-state index is 12.0. The Morgan fingerprint density at radius 3 is 2.83 bits per heavy atom. The molecule has 4 nitrogen and oxygen atoms in total. The first-order chi connectivity index (χ1) is 8.45. The van der Waals surface area contributed by atoms with Gasteiger partial charge in [-0.25, -0.2) is 0 Å². The van der Waals surface area contributed by atoms with Crippen molar-refractivity contribution in [3.8, 4) is 5.75 Å². The van der Waals surface area contributed by atoms with Crippen LogP contribution >= 0.6 is 23.8 Å². The molecule has 0 spiro atoms. The van der Waals surface area contributed by atoms with Gasteiger partial charge in [0.15, 0.2) is 0 Å². The summed E-state index contributed by atoms with van der Waals surface area (Å²) in [5.41, 5.74) is 5.66. The van der Waals surface area contributed by atoms with Gasteiger partial charge in [0.1, 0.15) is 5.75 Å². The number of carbonyl (C=O) groups is 1. The SMILES string of the molecule is CCCC(NC(=O)c1cc(Cl)ccc1O)C(N)=S. The van der Waals surface area contributed by atoms with Crippen LogP contribution in [0, 0.1) is 0 Å². The summed E-state index contributed by atoms with van der Waals surface area (Å²) in [5, 5.41) is 12.7. The Kier molecular flexibility index (Phi) is 5.37. The zero-order valence-corrected chi connectivity index (χ0v) is 11.5. The third-order valence-corrected chi connectivity index (χ3v) is 2.95. The van der Waals surface area contributed by atoms with E-state index in [2.05, 4.69) is 5.32 Å².